The van der Waals surface area contributed by atoms with Crippen molar-refractivity contribution < 1.29 is 20.1 Å². The largest absolute Gasteiger partial charge is 0.507 e. The molecule has 2 rings (SSSR count). The van der Waals surface area contributed by atoms with Gasteiger partial charge in [-0.15, -0.1) is 0 Å². The first kappa shape index (κ1) is 18.2. The highest BCUT2D eigenvalue weighted by Gasteiger charge is 2.01. The molecule has 0 amide bonds. The van der Waals surface area contributed by atoms with Gasteiger partial charge in [-0.2, -0.15) is 0 Å². The Bertz CT molecular complexity index is 526. The Morgan fingerprint density at radius 2 is 1.55 bits per heavy atom. The summed E-state index contributed by atoms with van der Waals surface area (Å²) in [6, 6.07) is 17.2. The molecule has 0 aliphatic heterocycles. The van der Waals surface area contributed by atoms with E-state index in [4.69, 9.17) is 14.9 Å². The number of phenols is 1. The molecule has 0 spiro atoms. The van der Waals surface area contributed by atoms with Gasteiger partial charge in [0.25, 0.3) is 0 Å². The summed E-state index contributed by atoms with van der Waals surface area (Å²) >= 11 is 0. The monoisotopic (exact) mass is 304 g/mol. The summed E-state index contributed by atoms with van der Waals surface area (Å²) < 4.78 is 4.95. The topological polar surface area (TPSA) is 69.9 Å². The van der Waals surface area contributed by atoms with E-state index in [1.54, 1.807) is 19.9 Å². The van der Waals surface area contributed by atoms with Gasteiger partial charge < -0.3 is 20.1 Å². The molecule has 0 aliphatic carbocycles. The number of ether oxygens (including phenoxy) is 1. The third-order valence-electron chi connectivity index (χ3n) is 2.87. The summed E-state index contributed by atoms with van der Waals surface area (Å²) in [5, 5.41) is 26.7. The molecule has 2 aromatic carbocycles. The second kappa shape index (κ2) is 9.95. The molecule has 2 unspecified atom stereocenters. The molecule has 4 nitrogen and oxygen atoms in total. The van der Waals surface area contributed by atoms with Gasteiger partial charge in [-0.3, -0.25) is 0 Å². The van der Waals surface area contributed by atoms with Crippen molar-refractivity contribution in [3.05, 3.63) is 54.6 Å². The van der Waals surface area contributed by atoms with Crippen molar-refractivity contribution in [2.45, 2.75) is 26.1 Å². The van der Waals surface area contributed by atoms with Crippen LogP contribution in [-0.4, -0.2) is 40.7 Å². The number of phenolic OH excluding ortho intramolecular Hbond substituents is 1. The summed E-state index contributed by atoms with van der Waals surface area (Å²) in [6.07, 6.45) is -0.612. The van der Waals surface area contributed by atoms with Gasteiger partial charge in [0, 0.05) is 5.56 Å². The van der Waals surface area contributed by atoms with Crippen molar-refractivity contribution in [2.24, 2.45) is 0 Å². The Kier molecular flexibility index (Phi) is 8.22. The molecule has 3 N–H and O–H groups in total. The molecule has 0 aromatic heterocycles. The first-order valence-electron chi connectivity index (χ1n) is 7.28. The minimum atomic E-state index is -0.445. The molecule has 2 atom stereocenters. The van der Waals surface area contributed by atoms with E-state index in [1.807, 2.05) is 48.5 Å². The van der Waals surface area contributed by atoms with Crippen LogP contribution in [0.25, 0.3) is 11.1 Å². The number of aromatic hydroxyl groups is 1. The number of hydrogen-bond acceptors (Lipinski definition) is 4. The zero-order valence-electron chi connectivity index (χ0n) is 13.0. The number of para-hydroxylation sites is 1. The van der Waals surface area contributed by atoms with Crippen LogP contribution in [0.2, 0.25) is 0 Å². The average Bonchev–Trinajstić information content (AvgIpc) is 2.54. The van der Waals surface area contributed by atoms with Gasteiger partial charge in [-0.1, -0.05) is 48.5 Å². The maximum atomic E-state index is 9.56. The number of aliphatic hydroxyl groups excluding tert-OH is 2. The SMILES string of the molecule is CC(O)COC(C)CO.Oc1ccccc1-c1ccccc1. The summed E-state index contributed by atoms with van der Waals surface area (Å²) in [4.78, 5) is 0. The van der Waals surface area contributed by atoms with E-state index in [9.17, 15) is 5.11 Å². The molecule has 0 heterocycles. The summed E-state index contributed by atoms with van der Waals surface area (Å²) in [5.41, 5.74) is 1.92. The molecule has 2 aromatic rings. The van der Waals surface area contributed by atoms with E-state index in [-0.39, 0.29) is 12.7 Å². The number of rotatable bonds is 5. The van der Waals surface area contributed by atoms with Crippen LogP contribution in [0.4, 0.5) is 0 Å². The first-order valence-corrected chi connectivity index (χ1v) is 7.28. The van der Waals surface area contributed by atoms with Gasteiger partial charge >= 0.3 is 0 Å². The maximum absolute atomic E-state index is 9.56. The van der Waals surface area contributed by atoms with E-state index in [1.165, 1.54) is 0 Å². The van der Waals surface area contributed by atoms with Gasteiger partial charge in [0.1, 0.15) is 5.75 Å². The number of benzene rings is 2. The van der Waals surface area contributed by atoms with E-state index in [2.05, 4.69) is 0 Å². The van der Waals surface area contributed by atoms with Crippen LogP contribution in [0, 0.1) is 0 Å². The average molecular weight is 304 g/mol. The summed E-state index contributed by atoms with van der Waals surface area (Å²) in [7, 11) is 0. The fourth-order valence-corrected chi connectivity index (χ4v) is 1.69. The van der Waals surface area contributed by atoms with Crippen molar-refractivity contribution in [3.63, 3.8) is 0 Å². The molecule has 0 aliphatic rings. The molecule has 0 fully saturated rings. The van der Waals surface area contributed by atoms with Crippen molar-refractivity contribution in [3.8, 4) is 16.9 Å². The zero-order chi connectivity index (χ0) is 16.4. The van der Waals surface area contributed by atoms with Crippen LogP contribution >= 0.6 is 0 Å². The zero-order valence-corrected chi connectivity index (χ0v) is 13.0. The Balaban J connectivity index is 0.000000239. The molecule has 0 saturated heterocycles. The Hall–Kier alpha value is -1.88. The standard InChI is InChI=1S/C12H10O.C6H14O3/c13-12-9-5-4-8-11(12)10-6-2-1-3-7-10;1-5(8)4-9-6(2)3-7/h1-9,13H;5-8H,3-4H2,1-2H3. The molecular weight excluding hydrogens is 280 g/mol. The molecule has 0 saturated carbocycles. The van der Waals surface area contributed by atoms with Crippen LogP contribution < -0.4 is 0 Å². The van der Waals surface area contributed by atoms with E-state index in [0.717, 1.165) is 11.1 Å². The third-order valence-corrected chi connectivity index (χ3v) is 2.87. The van der Waals surface area contributed by atoms with Crippen molar-refractivity contribution in [1.29, 1.82) is 0 Å². The van der Waals surface area contributed by atoms with Crippen LogP contribution in [0.3, 0.4) is 0 Å². The maximum Gasteiger partial charge on any atom is 0.123 e. The first-order chi connectivity index (χ1) is 10.5. The highest BCUT2D eigenvalue weighted by molar-refractivity contribution is 5.69. The van der Waals surface area contributed by atoms with Gasteiger partial charge in [0.15, 0.2) is 0 Å². The predicted octanol–water partition coefficient (Wildman–Crippen LogP) is 2.82. The fraction of sp³-hybridized carbons (Fsp3) is 0.333. The van der Waals surface area contributed by atoms with Gasteiger partial charge in [0.2, 0.25) is 0 Å². The fourth-order valence-electron chi connectivity index (χ4n) is 1.69. The van der Waals surface area contributed by atoms with E-state index >= 15 is 0 Å². The second-order valence-corrected chi connectivity index (χ2v) is 5.06. The highest BCUT2D eigenvalue weighted by atomic mass is 16.5. The molecule has 22 heavy (non-hydrogen) atoms. The lowest BCUT2D eigenvalue weighted by Gasteiger charge is -2.10. The van der Waals surface area contributed by atoms with Crippen LogP contribution in [0.15, 0.2) is 54.6 Å². The highest BCUT2D eigenvalue weighted by Crippen LogP contribution is 2.27. The smallest absolute Gasteiger partial charge is 0.123 e. The van der Waals surface area contributed by atoms with E-state index in [0.29, 0.717) is 12.4 Å². The van der Waals surface area contributed by atoms with Crippen molar-refractivity contribution in [2.75, 3.05) is 13.2 Å². The van der Waals surface area contributed by atoms with Gasteiger partial charge in [-0.05, 0) is 25.5 Å². The Labute approximate surface area is 131 Å². The lowest BCUT2D eigenvalue weighted by molar-refractivity contribution is -0.0177. The number of aliphatic hydroxyl groups is 2. The van der Waals surface area contributed by atoms with Gasteiger partial charge in [-0.25, -0.2) is 0 Å². The number of hydrogen-bond donors (Lipinski definition) is 3. The Morgan fingerprint density at radius 1 is 0.955 bits per heavy atom. The molecule has 4 heteroatoms. The van der Waals surface area contributed by atoms with Crippen molar-refractivity contribution >= 4 is 0 Å². The molecular formula is C18H24O4. The normalized spacial score (nSPS) is 12.9. The molecule has 120 valence electrons. The minimum Gasteiger partial charge on any atom is -0.507 e. The summed E-state index contributed by atoms with van der Waals surface area (Å²) in [5.74, 6) is 0.328. The summed E-state index contributed by atoms with van der Waals surface area (Å²) in [6.45, 7) is 3.70. The van der Waals surface area contributed by atoms with Gasteiger partial charge in [0.05, 0.1) is 25.4 Å². The molecule has 0 radical (unpaired) electrons. The lowest BCUT2D eigenvalue weighted by atomic mass is 10.1. The van der Waals surface area contributed by atoms with Crippen LogP contribution in [0.1, 0.15) is 13.8 Å². The Morgan fingerprint density at radius 3 is 2.09 bits per heavy atom. The molecule has 0 bridgehead atoms. The van der Waals surface area contributed by atoms with E-state index < -0.39 is 6.10 Å². The van der Waals surface area contributed by atoms with Crippen LogP contribution in [0.5, 0.6) is 5.75 Å². The minimum absolute atomic E-state index is 0.00667. The predicted molar refractivity (Wildman–Crippen MR) is 87.7 cm³/mol. The quantitative estimate of drug-likeness (QED) is 0.794. The lowest BCUT2D eigenvalue weighted by Crippen LogP contribution is -2.19. The third kappa shape index (κ3) is 6.72. The second-order valence-electron chi connectivity index (χ2n) is 5.06. The van der Waals surface area contributed by atoms with Crippen LogP contribution in [-0.2, 0) is 4.74 Å². The van der Waals surface area contributed by atoms with Crippen molar-refractivity contribution in [1.82, 2.24) is 0 Å².